The highest BCUT2D eigenvalue weighted by atomic mass is 127. The molecule has 3 rings (SSSR count). The number of carbonyl (C=O) groups is 1. The van der Waals surface area contributed by atoms with Crippen LogP contribution in [0.15, 0.2) is 47.5 Å². The van der Waals surface area contributed by atoms with Gasteiger partial charge in [-0.2, -0.15) is 8.78 Å². The molecule has 0 aromatic heterocycles. The summed E-state index contributed by atoms with van der Waals surface area (Å²) >= 11 is 0. The normalized spacial score (nSPS) is 13.7. The molecular weight excluding hydrogens is 545 g/mol. The summed E-state index contributed by atoms with van der Waals surface area (Å²) in [5, 5.41) is 6.35. The van der Waals surface area contributed by atoms with Crippen LogP contribution in [0.3, 0.4) is 0 Å². The Hall–Kier alpha value is -2.63. The van der Waals surface area contributed by atoms with Gasteiger partial charge in [-0.3, -0.25) is 9.79 Å². The second-order valence-electron chi connectivity index (χ2n) is 7.32. The fourth-order valence-corrected chi connectivity index (χ4v) is 3.57. The van der Waals surface area contributed by atoms with E-state index >= 15 is 0 Å². The van der Waals surface area contributed by atoms with Crippen LogP contribution in [0.25, 0.3) is 0 Å². The maximum atomic E-state index is 12.7. The first kappa shape index (κ1) is 26.6. The molecule has 0 spiro atoms. The molecule has 1 amide bonds. The fraction of sp³-hybridized carbons (Fsp3) is 0.391. The van der Waals surface area contributed by atoms with Gasteiger partial charge in [-0.15, -0.1) is 24.0 Å². The lowest BCUT2D eigenvalue weighted by Gasteiger charge is -2.19. The van der Waals surface area contributed by atoms with Crippen molar-refractivity contribution in [3.8, 4) is 11.5 Å². The lowest BCUT2D eigenvalue weighted by atomic mass is 10.1. The number of guanidine groups is 1. The number of nitrogens with one attached hydrogen (secondary N) is 2. The van der Waals surface area contributed by atoms with Crippen molar-refractivity contribution in [2.24, 2.45) is 4.99 Å². The van der Waals surface area contributed by atoms with Crippen molar-refractivity contribution in [1.82, 2.24) is 15.5 Å². The second-order valence-corrected chi connectivity index (χ2v) is 7.32. The Morgan fingerprint density at radius 1 is 1.12 bits per heavy atom. The van der Waals surface area contributed by atoms with Gasteiger partial charge < -0.3 is 25.0 Å². The Kier molecular flexibility index (Phi) is 10.6. The zero-order valence-corrected chi connectivity index (χ0v) is 21.0. The van der Waals surface area contributed by atoms with Crippen molar-refractivity contribution in [2.75, 3.05) is 20.7 Å². The highest BCUT2D eigenvalue weighted by molar-refractivity contribution is 14.0. The van der Waals surface area contributed by atoms with Crippen LogP contribution in [0.1, 0.15) is 29.5 Å². The maximum Gasteiger partial charge on any atom is 0.387 e. The van der Waals surface area contributed by atoms with Gasteiger partial charge in [0.15, 0.2) is 5.96 Å². The zero-order chi connectivity index (χ0) is 22.9. The maximum absolute atomic E-state index is 12.7. The number of hydrogen-bond acceptors (Lipinski definition) is 4. The van der Waals surface area contributed by atoms with E-state index in [1.165, 1.54) is 13.2 Å². The number of ether oxygens (including phenoxy) is 2. The zero-order valence-electron chi connectivity index (χ0n) is 18.6. The molecule has 7 nitrogen and oxygen atoms in total. The number of hydrogen-bond donors (Lipinski definition) is 2. The predicted octanol–water partition coefficient (Wildman–Crippen LogP) is 3.90. The van der Waals surface area contributed by atoms with E-state index in [-0.39, 0.29) is 42.2 Å². The SMILES string of the molecule is CN=C(NCc1ccccc1CN1CCCC1=O)NCc1cc(OC)ccc1OC(F)F.I. The first-order valence-electron chi connectivity index (χ1n) is 10.4. The molecule has 2 aromatic rings. The number of methoxy groups -OCH3 is 1. The molecule has 0 bridgehead atoms. The third-order valence-electron chi connectivity index (χ3n) is 5.25. The average Bonchev–Trinajstić information content (AvgIpc) is 3.19. The van der Waals surface area contributed by atoms with E-state index < -0.39 is 6.61 Å². The number of nitrogens with zero attached hydrogens (tertiary/aromatic N) is 2. The summed E-state index contributed by atoms with van der Waals surface area (Å²) in [5.41, 5.74) is 2.64. The van der Waals surface area contributed by atoms with Crippen molar-refractivity contribution >= 4 is 35.8 Å². The van der Waals surface area contributed by atoms with Crippen molar-refractivity contribution < 1.29 is 23.0 Å². The first-order valence-corrected chi connectivity index (χ1v) is 10.4. The van der Waals surface area contributed by atoms with Gasteiger partial charge in [0.2, 0.25) is 5.91 Å². The molecule has 1 heterocycles. The van der Waals surface area contributed by atoms with E-state index in [2.05, 4.69) is 20.4 Å². The Morgan fingerprint density at radius 2 is 1.82 bits per heavy atom. The highest BCUT2D eigenvalue weighted by Gasteiger charge is 2.21. The number of likely N-dealkylation sites (tertiary alicyclic amines) is 1. The number of benzene rings is 2. The van der Waals surface area contributed by atoms with Crippen LogP contribution in [0, 0.1) is 0 Å². The molecule has 1 saturated heterocycles. The Labute approximate surface area is 209 Å². The molecule has 1 fully saturated rings. The van der Waals surface area contributed by atoms with Crippen LogP contribution in [-0.2, 0) is 24.4 Å². The van der Waals surface area contributed by atoms with E-state index in [9.17, 15) is 13.6 Å². The first-order chi connectivity index (χ1) is 15.5. The van der Waals surface area contributed by atoms with Gasteiger partial charge in [0.1, 0.15) is 11.5 Å². The van der Waals surface area contributed by atoms with E-state index in [1.807, 2.05) is 29.2 Å². The number of aliphatic imine (C=N–C) groups is 1. The van der Waals surface area contributed by atoms with Gasteiger partial charge in [-0.25, -0.2) is 0 Å². The Balaban J connectivity index is 0.00000385. The summed E-state index contributed by atoms with van der Waals surface area (Å²) < 4.78 is 35.2. The van der Waals surface area contributed by atoms with E-state index in [0.717, 1.165) is 24.1 Å². The number of carbonyl (C=O) groups excluding carboxylic acids is 1. The van der Waals surface area contributed by atoms with Crippen molar-refractivity contribution in [2.45, 2.75) is 39.1 Å². The molecule has 1 aliphatic rings. The molecule has 1 aliphatic heterocycles. The van der Waals surface area contributed by atoms with E-state index in [4.69, 9.17) is 4.74 Å². The third-order valence-corrected chi connectivity index (χ3v) is 5.25. The molecule has 33 heavy (non-hydrogen) atoms. The van der Waals surface area contributed by atoms with Crippen LogP contribution in [0.4, 0.5) is 8.78 Å². The van der Waals surface area contributed by atoms with Crippen LogP contribution in [0.5, 0.6) is 11.5 Å². The summed E-state index contributed by atoms with van der Waals surface area (Å²) in [5.74, 6) is 1.30. The molecular formula is C23H29F2IN4O3. The van der Waals surface area contributed by atoms with Crippen LogP contribution in [-0.4, -0.2) is 44.1 Å². The average molecular weight is 574 g/mol. The lowest BCUT2D eigenvalue weighted by Crippen LogP contribution is -2.36. The van der Waals surface area contributed by atoms with Gasteiger partial charge in [-0.05, 0) is 35.7 Å². The Morgan fingerprint density at radius 3 is 2.42 bits per heavy atom. The molecule has 2 N–H and O–H groups in total. The summed E-state index contributed by atoms with van der Waals surface area (Å²) in [6, 6.07) is 12.6. The van der Waals surface area contributed by atoms with Crippen molar-refractivity contribution in [3.05, 3.63) is 59.2 Å². The molecule has 180 valence electrons. The van der Waals surface area contributed by atoms with Crippen LogP contribution < -0.4 is 20.1 Å². The largest absolute Gasteiger partial charge is 0.497 e. The monoisotopic (exact) mass is 574 g/mol. The quantitative estimate of drug-likeness (QED) is 0.270. The van der Waals surface area contributed by atoms with Crippen LogP contribution >= 0.6 is 24.0 Å². The highest BCUT2D eigenvalue weighted by Crippen LogP contribution is 2.25. The summed E-state index contributed by atoms with van der Waals surface area (Å²) in [6.45, 7) is -0.841. The molecule has 0 unspecified atom stereocenters. The smallest absolute Gasteiger partial charge is 0.387 e. The topological polar surface area (TPSA) is 75.2 Å². The number of amides is 1. The number of halogens is 3. The predicted molar refractivity (Wildman–Crippen MR) is 133 cm³/mol. The molecule has 2 aromatic carbocycles. The molecule has 0 aliphatic carbocycles. The van der Waals surface area contributed by atoms with Gasteiger partial charge in [0.25, 0.3) is 0 Å². The van der Waals surface area contributed by atoms with Gasteiger partial charge >= 0.3 is 6.61 Å². The third kappa shape index (κ3) is 7.72. The fourth-order valence-electron chi connectivity index (χ4n) is 3.57. The van der Waals surface area contributed by atoms with Crippen molar-refractivity contribution in [3.63, 3.8) is 0 Å². The van der Waals surface area contributed by atoms with E-state index in [1.54, 1.807) is 19.2 Å². The van der Waals surface area contributed by atoms with E-state index in [0.29, 0.717) is 36.8 Å². The summed E-state index contributed by atoms with van der Waals surface area (Å²) in [4.78, 5) is 18.1. The molecule has 0 radical (unpaired) electrons. The van der Waals surface area contributed by atoms with Crippen LogP contribution in [0.2, 0.25) is 0 Å². The number of rotatable bonds is 9. The van der Waals surface area contributed by atoms with Gasteiger partial charge in [-0.1, -0.05) is 24.3 Å². The molecule has 10 heteroatoms. The minimum atomic E-state index is -2.92. The van der Waals surface area contributed by atoms with Gasteiger partial charge in [0.05, 0.1) is 7.11 Å². The minimum Gasteiger partial charge on any atom is -0.497 e. The summed E-state index contributed by atoms with van der Waals surface area (Å²) in [7, 11) is 3.14. The minimum absolute atomic E-state index is 0. The lowest BCUT2D eigenvalue weighted by molar-refractivity contribution is -0.128. The summed E-state index contributed by atoms with van der Waals surface area (Å²) in [6.07, 6.45) is 1.51. The van der Waals surface area contributed by atoms with Gasteiger partial charge in [0, 0.05) is 45.2 Å². The standard InChI is InChI=1S/C23H28F2N4O3.HI/c1-26-23(28-14-18-12-19(31-2)9-10-20(18)32-22(24)25)27-13-16-6-3-4-7-17(16)15-29-11-5-8-21(29)30;/h3-4,6-7,9-10,12,22H,5,8,11,13-15H2,1-2H3,(H2,26,27,28);1H. The Bertz CT molecular complexity index is 959. The molecule has 0 saturated carbocycles. The second kappa shape index (κ2) is 13.2. The molecule has 0 atom stereocenters. The number of alkyl halides is 2. The van der Waals surface area contributed by atoms with Crippen molar-refractivity contribution in [1.29, 1.82) is 0 Å².